The van der Waals surface area contributed by atoms with Crippen LogP contribution in [0.2, 0.25) is 0 Å². The first-order valence-corrected chi connectivity index (χ1v) is 8.35. The van der Waals surface area contributed by atoms with Crippen LogP contribution in [-0.2, 0) is 14.3 Å². The summed E-state index contributed by atoms with van der Waals surface area (Å²) >= 11 is 0. The summed E-state index contributed by atoms with van der Waals surface area (Å²) in [6.45, 7) is 2.08. The second kappa shape index (κ2) is 11.0. The van der Waals surface area contributed by atoms with Crippen molar-refractivity contribution in [3.63, 3.8) is 0 Å². The third-order valence-electron chi connectivity index (χ3n) is 3.94. The smallest absolute Gasteiger partial charge is 0.305 e. The number of rotatable bonds is 10. The molecule has 0 heterocycles. The van der Waals surface area contributed by atoms with E-state index in [-0.39, 0.29) is 17.7 Å². The van der Waals surface area contributed by atoms with E-state index in [1.807, 2.05) is 18.2 Å². The van der Waals surface area contributed by atoms with Gasteiger partial charge in [-0.25, -0.2) is 0 Å². The van der Waals surface area contributed by atoms with Gasteiger partial charge in [-0.1, -0.05) is 56.9 Å². The van der Waals surface area contributed by atoms with Gasteiger partial charge in [-0.05, 0) is 25.3 Å². The first-order valence-electron chi connectivity index (χ1n) is 8.35. The molecule has 0 saturated heterocycles. The maximum absolute atomic E-state index is 11.8. The van der Waals surface area contributed by atoms with Crippen molar-refractivity contribution in [1.29, 1.82) is 0 Å². The van der Waals surface area contributed by atoms with Crippen LogP contribution in [0.1, 0.15) is 58.3 Å². The Bertz CT molecular complexity index is 444. The van der Waals surface area contributed by atoms with Gasteiger partial charge in [-0.2, -0.15) is 0 Å². The fourth-order valence-electron chi connectivity index (χ4n) is 2.62. The van der Waals surface area contributed by atoms with E-state index in [4.69, 9.17) is 0 Å². The third kappa shape index (κ3) is 6.88. The van der Waals surface area contributed by atoms with Crippen molar-refractivity contribution >= 4 is 11.8 Å². The van der Waals surface area contributed by atoms with Crippen molar-refractivity contribution in [2.24, 2.45) is 5.92 Å². The van der Waals surface area contributed by atoms with Crippen molar-refractivity contribution in [1.82, 2.24) is 0 Å². The molecule has 1 rings (SSSR count). The molecule has 1 aliphatic rings. The predicted molar refractivity (Wildman–Crippen MR) is 89.5 cm³/mol. The Labute approximate surface area is 134 Å². The van der Waals surface area contributed by atoms with Crippen molar-refractivity contribution < 1.29 is 14.3 Å². The number of allylic oxidation sites excluding steroid dienone is 6. The standard InChI is InChI=1S/C19H28O3/c1-3-4-8-12-17-16(14-15-18(17)20)11-9-6-5-7-10-13-19(21)22-2/h4,8,12,14-16H,3,5-7,9-11,13H2,1-2H3/b8-4+,17-12+. The number of methoxy groups -OCH3 is 1. The van der Waals surface area contributed by atoms with E-state index in [9.17, 15) is 9.59 Å². The largest absolute Gasteiger partial charge is 0.469 e. The number of hydrogen-bond acceptors (Lipinski definition) is 3. The summed E-state index contributed by atoms with van der Waals surface area (Å²) in [6.07, 6.45) is 17.7. The van der Waals surface area contributed by atoms with Crippen molar-refractivity contribution in [2.75, 3.05) is 7.11 Å². The monoisotopic (exact) mass is 304 g/mol. The Morgan fingerprint density at radius 2 is 1.95 bits per heavy atom. The van der Waals surface area contributed by atoms with Crippen LogP contribution in [0.5, 0.6) is 0 Å². The molecule has 0 saturated carbocycles. The maximum atomic E-state index is 11.8. The highest BCUT2D eigenvalue weighted by Crippen LogP contribution is 2.27. The first kappa shape index (κ1) is 18.4. The lowest BCUT2D eigenvalue weighted by Crippen LogP contribution is -2.02. The van der Waals surface area contributed by atoms with Crippen LogP contribution >= 0.6 is 0 Å². The van der Waals surface area contributed by atoms with Gasteiger partial charge in [-0.3, -0.25) is 9.59 Å². The van der Waals surface area contributed by atoms with E-state index in [0.717, 1.165) is 50.5 Å². The molecule has 0 aromatic rings. The Hall–Kier alpha value is -1.64. The summed E-state index contributed by atoms with van der Waals surface area (Å²) in [6, 6.07) is 0. The molecule has 0 bridgehead atoms. The van der Waals surface area contributed by atoms with Crippen molar-refractivity contribution in [2.45, 2.75) is 58.3 Å². The Morgan fingerprint density at radius 1 is 1.23 bits per heavy atom. The molecule has 1 atom stereocenters. The Morgan fingerprint density at radius 3 is 2.68 bits per heavy atom. The maximum Gasteiger partial charge on any atom is 0.305 e. The lowest BCUT2D eigenvalue weighted by atomic mass is 9.94. The summed E-state index contributed by atoms with van der Waals surface area (Å²) < 4.78 is 4.62. The molecule has 0 fully saturated rings. The summed E-state index contributed by atoms with van der Waals surface area (Å²) in [5, 5.41) is 0. The fourth-order valence-corrected chi connectivity index (χ4v) is 2.62. The molecule has 0 N–H and O–H groups in total. The SMILES string of the molecule is CC/C=C/C=C1/C(=O)C=CC1CCCCCCCC(=O)OC. The molecular formula is C19H28O3. The van der Waals surface area contributed by atoms with Gasteiger partial charge in [0, 0.05) is 17.9 Å². The predicted octanol–water partition coefficient (Wildman–Crippen LogP) is 4.54. The van der Waals surface area contributed by atoms with Crippen LogP contribution in [0, 0.1) is 5.92 Å². The van der Waals surface area contributed by atoms with E-state index in [0.29, 0.717) is 6.42 Å². The second-order valence-corrected chi connectivity index (χ2v) is 5.67. The van der Waals surface area contributed by atoms with Crippen molar-refractivity contribution in [3.8, 4) is 0 Å². The molecule has 0 aliphatic heterocycles. The number of unbranched alkanes of at least 4 members (excludes halogenated alkanes) is 4. The molecular weight excluding hydrogens is 276 g/mol. The van der Waals surface area contributed by atoms with E-state index in [2.05, 4.69) is 17.7 Å². The third-order valence-corrected chi connectivity index (χ3v) is 3.94. The number of ketones is 1. The zero-order valence-corrected chi connectivity index (χ0v) is 13.8. The highest BCUT2D eigenvalue weighted by Gasteiger charge is 2.21. The van der Waals surface area contributed by atoms with Gasteiger partial charge < -0.3 is 4.74 Å². The van der Waals surface area contributed by atoms with Gasteiger partial charge in [-0.15, -0.1) is 0 Å². The zero-order chi connectivity index (χ0) is 16.2. The lowest BCUT2D eigenvalue weighted by Gasteiger charge is -2.09. The molecule has 3 heteroatoms. The van der Waals surface area contributed by atoms with E-state index in [1.54, 1.807) is 6.08 Å². The normalized spacial score (nSPS) is 19.5. The second-order valence-electron chi connectivity index (χ2n) is 5.67. The number of ether oxygens (including phenoxy) is 1. The molecule has 0 spiro atoms. The average Bonchev–Trinajstić information content (AvgIpc) is 2.87. The van der Waals surface area contributed by atoms with Gasteiger partial charge in [0.15, 0.2) is 5.78 Å². The number of carbonyl (C=O) groups excluding carboxylic acids is 2. The Balaban J connectivity index is 2.19. The van der Waals surface area contributed by atoms with E-state index in [1.165, 1.54) is 7.11 Å². The molecule has 1 unspecified atom stereocenters. The topological polar surface area (TPSA) is 43.4 Å². The van der Waals surface area contributed by atoms with Crippen LogP contribution in [0.4, 0.5) is 0 Å². The zero-order valence-electron chi connectivity index (χ0n) is 13.8. The van der Waals surface area contributed by atoms with E-state index >= 15 is 0 Å². The van der Waals surface area contributed by atoms with Gasteiger partial charge >= 0.3 is 5.97 Å². The molecule has 122 valence electrons. The van der Waals surface area contributed by atoms with Gasteiger partial charge in [0.05, 0.1) is 7.11 Å². The lowest BCUT2D eigenvalue weighted by molar-refractivity contribution is -0.140. The van der Waals surface area contributed by atoms with Crippen LogP contribution in [-0.4, -0.2) is 18.9 Å². The van der Waals surface area contributed by atoms with Gasteiger partial charge in [0.25, 0.3) is 0 Å². The number of hydrogen-bond donors (Lipinski definition) is 0. The summed E-state index contributed by atoms with van der Waals surface area (Å²) in [5.41, 5.74) is 0.926. The fraction of sp³-hybridized carbons (Fsp3) is 0.579. The molecule has 0 radical (unpaired) electrons. The van der Waals surface area contributed by atoms with Gasteiger partial charge in [0.2, 0.25) is 0 Å². The van der Waals surface area contributed by atoms with Crippen LogP contribution in [0.3, 0.4) is 0 Å². The molecule has 22 heavy (non-hydrogen) atoms. The number of esters is 1. The molecule has 0 amide bonds. The minimum absolute atomic E-state index is 0.121. The minimum atomic E-state index is -0.121. The van der Waals surface area contributed by atoms with Gasteiger partial charge in [0.1, 0.15) is 0 Å². The van der Waals surface area contributed by atoms with Crippen LogP contribution in [0.15, 0.2) is 36.0 Å². The van der Waals surface area contributed by atoms with Crippen LogP contribution in [0.25, 0.3) is 0 Å². The first-order chi connectivity index (χ1) is 10.7. The molecule has 3 nitrogen and oxygen atoms in total. The summed E-state index contributed by atoms with van der Waals surface area (Å²) in [4.78, 5) is 22.8. The van der Waals surface area contributed by atoms with Crippen LogP contribution < -0.4 is 0 Å². The molecule has 1 aliphatic carbocycles. The average molecular weight is 304 g/mol. The summed E-state index contributed by atoms with van der Waals surface area (Å²) in [5.74, 6) is 0.317. The Kier molecular flexibility index (Phi) is 9.20. The summed E-state index contributed by atoms with van der Waals surface area (Å²) in [7, 11) is 1.43. The quantitative estimate of drug-likeness (QED) is 0.338. The highest BCUT2D eigenvalue weighted by atomic mass is 16.5. The molecule has 0 aromatic heterocycles. The number of carbonyl (C=O) groups is 2. The highest BCUT2D eigenvalue weighted by molar-refractivity contribution is 6.07. The van der Waals surface area contributed by atoms with E-state index < -0.39 is 0 Å². The molecule has 0 aromatic carbocycles. The van der Waals surface area contributed by atoms with Crippen molar-refractivity contribution in [3.05, 3.63) is 36.0 Å². The minimum Gasteiger partial charge on any atom is -0.469 e.